The molecule has 1 aromatic rings. The summed E-state index contributed by atoms with van der Waals surface area (Å²) in [6.07, 6.45) is 10.0. The highest BCUT2D eigenvalue weighted by Gasteiger charge is 2.40. The number of fused-ring (bicyclic) bond motifs is 1. The number of rotatable bonds is 3. The van der Waals surface area contributed by atoms with Crippen LogP contribution in [0.1, 0.15) is 50.6 Å². The van der Waals surface area contributed by atoms with E-state index >= 15 is 0 Å². The molecular weight excluding hydrogens is 312 g/mol. The van der Waals surface area contributed by atoms with Gasteiger partial charge in [-0.3, -0.25) is 14.7 Å². The lowest BCUT2D eigenvalue weighted by Crippen LogP contribution is -2.53. The third-order valence-corrected chi connectivity index (χ3v) is 6.50. The molecule has 5 heteroatoms. The standard InChI is InChI=1S/C20H30N4O/c1-15(17-6-4-8-21-14-17)23-9-11-24(12-10-23)20(25)19-13-16-5-2-3-7-18(16)22-19/h4,6,8,14-16,18-19,22H,2-3,5,7,9-13H2,1H3. The Labute approximate surface area is 150 Å². The number of hydrogen-bond donors (Lipinski definition) is 1. The Hall–Kier alpha value is -1.46. The molecule has 5 nitrogen and oxygen atoms in total. The molecule has 2 aliphatic heterocycles. The average Bonchev–Trinajstić information content (AvgIpc) is 3.12. The molecule has 136 valence electrons. The van der Waals surface area contributed by atoms with Crippen molar-refractivity contribution in [2.75, 3.05) is 26.2 Å². The van der Waals surface area contributed by atoms with E-state index in [2.05, 4.69) is 33.1 Å². The highest BCUT2D eigenvalue weighted by Crippen LogP contribution is 2.34. The van der Waals surface area contributed by atoms with E-state index < -0.39 is 0 Å². The first-order chi connectivity index (χ1) is 12.2. The Bertz CT molecular complexity index is 571. The highest BCUT2D eigenvalue weighted by atomic mass is 16.2. The summed E-state index contributed by atoms with van der Waals surface area (Å²) in [6, 6.07) is 5.15. The Morgan fingerprint density at radius 2 is 2.04 bits per heavy atom. The second-order valence-electron chi connectivity index (χ2n) is 7.93. The number of hydrogen-bond acceptors (Lipinski definition) is 4. The van der Waals surface area contributed by atoms with Crippen molar-refractivity contribution in [3.63, 3.8) is 0 Å². The summed E-state index contributed by atoms with van der Waals surface area (Å²) < 4.78 is 0. The first kappa shape index (κ1) is 17.0. The van der Waals surface area contributed by atoms with Crippen LogP contribution in [0.5, 0.6) is 0 Å². The molecule has 0 aromatic carbocycles. The van der Waals surface area contributed by atoms with Crippen LogP contribution < -0.4 is 5.32 Å². The van der Waals surface area contributed by atoms with E-state index in [0.29, 0.717) is 18.0 Å². The Morgan fingerprint density at radius 1 is 1.24 bits per heavy atom. The van der Waals surface area contributed by atoms with E-state index in [1.54, 1.807) is 0 Å². The van der Waals surface area contributed by atoms with Crippen molar-refractivity contribution in [2.45, 2.75) is 57.2 Å². The molecule has 4 atom stereocenters. The summed E-state index contributed by atoms with van der Waals surface area (Å²) in [5.41, 5.74) is 1.25. The number of pyridine rings is 1. The number of nitrogens with one attached hydrogen (secondary N) is 1. The molecule has 1 aromatic heterocycles. The van der Waals surface area contributed by atoms with Crippen molar-refractivity contribution >= 4 is 5.91 Å². The van der Waals surface area contributed by atoms with Crippen LogP contribution in [0.15, 0.2) is 24.5 Å². The second-order valence-corrected chi connectivity index (χ2v) is 7.93. The predicted octanol–water partition coefficient (Wildman–Crippen LogP) is 2.21. The van der Waals surface area contributed by atoms with E-state index in [1.165, 1.54) is 31.2 Å². The molecule has 0 spiro atoms. The molecule has 1 N–H and O–H groups in total. The van der Waals surface area contributed by atoms with Gasteiger partial charge in [0.2, 0.25) is 5.91 Å². The molecule has 4 unspecified atom stereocenters. The molecule has 0 radical (unpaired) electrons. The Morgan fingerprint density at radius 3 is 2.76 bits per heavy atom. The minimum absolute atomic E-state index is 0.0652. The van der Waals surface area contributed by atoms with Crippen molar-refractivity contribution < 1.29 is 4.79 Å². The van der Waals surface area contributed by atoms with Gasteiger partial charge in [-0.2, -0.15) is 0 Å². The fourth-order valence-electron chi connectivity index (χ4n) is 4.89. The summed E-state index contributed by atoms with van der Waals surface area (Å²) >= 11 is 0. The van der Waals surface area contributed by atoms with Gasteiger partial charge in [0.1, 0.15) is 0 Å². The first-order valence-electron chi connectivity index (χ1n) is 9.91. The molecule has 1 amide bonds. The van der Waals surface area contributed by atoms with E-state index in [1.807, 2.05) is 18.5 Å². The minimum atomic E-state index is 0.0652. The van der Waals surface area contributed by atoms with Crippen molar-refractivity contribution in [1.29, 1.82) is 0 Å². The number of piperazine rings is 1. The van der Waals surface area contributed by atoms with E-state index in [0.717, 1.165) is 38.5 Å². The Balaban J connectivity index is 1.30. The van der Waals surface area contributed by atoms with Gasteiger partial charge in [-0.1, -0.05) is 18.9 Å². The summed E-state index contributed by atoms with van der Waals surface area (Å²) in [5.74, 6) is 1.07. The van der Waals surface area contributed by atoms with Crippen LogP contribution >= 0.6 is 0 Å². The molecule has 2 saturated heterocycles. The van der Waals surface area contributed by atoms with Gasteiger partial charge in [-0.05, 0) is 43.7 Å². The lowest BCUT2D eigenvalue weighted by atomic mass is 9.85. The van der Waals surface area contributed by atoms with Gasteiger partial charge in [0, 0.05) is 50.7 Å². The normalized spacial score (nSPS) is 31.6. The molecule has 1 saturated carbocycles. The molecule has 3 aliphatic rings. The molecule has 0 bridgehead atoms. The van der Waals surface area contributed by atoms with Gasteiger partial charge in [-0.15, -0.1) is 0 Å². The third kappa shape index (κ3) is 3.58. The summed E-state index contributed by atoms with van der Waals surface area (Å²) in [4.78, 5) is 21.7. The number of aromatic nitrogens is 1. The zero-order valence-corrected chi connectivity index (χ0v) is 15.2. The zero-order chi connectivity index (χ0) is 17.2. The monoisotopic (exact) mass is 342 g/mol. The fourth-order valence-corrected chi connectivity index (χ4v) is 4.89. The number of nitrogens with zero attached hydrogens (tertiary/aromatic N) is 3. The van der Waals surface area contributed by atoms with Crippen LogP contribution in [0.4, 0.5) is 0 Å². The minimum Gasteiger partial charge on any atom is -0.339 e. The maximum Gasteiger partial charge on any atom is 0.239 e. The third-order valence-electron chi connectivity index (χ3n) is 6.50. The van der Waals surface area contributed by atoms with Crippen LogP contribution in [0.25, 0.3) is 0 Å². The fraction of sp³-hybridized carbons (Fsp3) is 0.700. The van der Waals surface area contributed by atoms with E-state index in [4.69, 9.17) is 0 Å². The number of carbonyl (C=O) groups is 1. The van der Waals surface area contributed by atoms with Crippen LogP contribution in [-0.2, 0) is 4.79 Å². The Kier molecular flexibility index (Phi) is 5.04. The number of amides is 1. The summed E-state index contributed by atoms with van der Waals surface area (Å²) in [5, 5.41) is 3.64. The smallest absolute Gasteiger partial charge is 0.239 e. The van der Waals surface area contributed by atoms with Crippen molar-refractivity contribution in [1.82, 2.24) is 20.1 Å². The number of carbonyl (C=O) groups excluding carboxylic acids is 1. The quantitative estimate of drug-likeness (QED) is 0.915. The van der Waals surface area contributed by atoms with Gasteiger partial charge < -0.3 is 10.2 Å². The molecular formula is C20H30N4O. The van der Waals surface area contributed by atoms with Crippen LogP contribution in [0.3, 0.4) is 0 Å². The maximum atomic E-state index is 12.9. The topological polar surface area (TPSA) is 48.5 Å². The van der Waals surface area contributed by atoms with Gasteiger partial charge >= 0.3 is 0 Å². The van der Waals surface area contributed by atoms with Crippen LogP contribution in [-0.4, -0.2) is 59.0 Å². The van der Waals surface area contributed by atoms with Gasteiger partial charge in [0.05, 0.1) is 6.04 Å². The van der Waals surface area contributed by atoms with Gasteiger partial charge in [0.25, 0.3) is 0 Å². The molecule has 25 heavy (non-hydrogen) atoms. The van der Waals surface area contributed by atoms with Crippen LogP contribution in [0, 0.1) is 5.92 Å². The van der Waals surface area contributed by atoms with Crippen molar-refractivity contribution in [3.8, 4) is 0 Å². The highest BCUT2D eigenvalue weighted by molar-refractivity contribution is 5.82. The second kappa shape index (κ2) is 7.42. The van der Waals surface area contributed by atoms with Crippen molar-refractivity contribution in [3.05, 3.63) is 30.1 Å². The lowest BCUT2D eigenvalue weighted by molar-refractivity contribution is -0.135. The predicted molar refractivity (Wildman–Crippen MR) is 98.1 cm³/mol. The molecule has 3 heterocycles. The van der Waals surface area contributed by atoms with E-state index in [-0.39, 0.29) is 6.04 Å². The first-order valence-corrected chi connectivity index (χ1v) is 9.91. The molecule has 4 rings (SSSR count). The zero-order valence-electron chi connectivity index (χ0n) is 15.2. The van der Waals surface area contributed by atoms with E-state index in [9.17, 15) is 4.79 Å². The van der Waals surface area contributed by atoms with Crippen LogP contribution in [0.2, 0.25) is 0 Å². The van der Waals surface area contributed by atoms with Gasteiger partial charge in [-0.25, -0.2) is 0 Å². The largest absolute Gasteiger partial charge is 0.339 e. The van der Waals surface area contributed by atoms with Crippen molar-refractivity contribution in [2.24, 2.45) is 5.92 Å². The average molecular weight is 342 g/mol. The SMILES string of the molecule is CC(c1cccnc1)N1CCN(C(=O)C2CC3CCCCC3N2)CC1. The summed E-state index contributed by atoms with van der Waals surface area (Å²) in [6.45, 7) is 5.81. The molecule has 3 fully saturated rings. The molecule has 1 aliphatic carbocycles. The lowest BCUT2D eigenvalue weighted by Gasteiger charge is -2.39. The van der Waals surface area contributed by atoms with Gasteiger partial charge in [0.15, 0.2) is 0 Å². The summed E-state index contributed by atoms with van der Waals surface area (Å²) in [7, 11) is 0. The maximum absolute atomic E-state index is 12.9.